The maximum absolute atomic E-state index is 6.05. The lowest BCUT2D eigenvalue weighted by atomic mass is 10.1. The minimum atomic E-state index is 0.379. The molecule has 0 atom stereocenters. The fourth-order valence-electron chi connectivity index (χ4n) is 1.47. The van der Waals surface area contributed by atoms with Crippen LogP contribution in [-0.2, 0) is 6.42 Å². The molecule has 0 aliphatic heterocycles. The maximum atomic E-state index is 6.05. The first-order valence-corrected chi connectivity index (χ1v) is 6.92. The molecule has 94 valence electrons. The summed E-state index contributed by atoms with van der Waals surface area (Å²) in [7, 11) is 0. The Balaban J connectivity index is 2.28. The Labute approximate surface area is 124 Å². The normalized spacial score (nSPS) is 10.4. The maximum Gasteiger partial charge on any atom is 0.238 e. The summed E-state index contributed by atoms with van der Waals surface area (Å²) in [5.41, 5.74) is 1.03. The number of benzene rings is 1. The van der Waals surface area contributed by atoms with Crippen LogP contribution in [0, 0.1) is 0 Å². The molecule has 2 rings (SSSR count). The van der Waals surface area contributed by atoms with E-state index >= 15 is 0 Å². The number of ether oxygens (including phenoxy) is 1. The highest BCUT2D eigenvalue weighted by Crippen LogP contribution is 2.31. The van der Waals surface area contributed by atoms with Gasteiger partial charge in [0.25, 0.3) is 0 Å². The molecule has 2 nitrogen and oxygen atoms in total. The number of hydrogen-bond acceptors (Lipinski definition) is 2. The average Bonchev–Trinajstić information content (AvgIpc) is 2.35. The second kappa shape index (κ2) is 5.91. The highest BCUT2D eigenvalue weighted by molar-refractivity contribution is 9.10. The molecule has 1 heterocycles. The standard InChI is InChI=1S/C13H10BrCl2NO/c1-2-8-5-10(3-4-11(8)15)18-13-12(16)6-9(14)7-17-13/h3-7H,2H2,1H3. The van der Waals surface area contributed by atoms with E-state index in [2.05, 4.69) is 20.9 Å². The van der Waals surface area contributed by atoms with E-state index in [1.54, 1.807) is 18.3 Å². The largest absolute Gasteiger partial charge is 0.438 e. The van der Waals surface area contributed by atoms with Gasteiger partial charge in [0.2, 0.25) is 5.88 Å². The number of nitrogens with zero attached hydrogens (tertiary/aromatic N) is 1. The van der Waals surface area contributed by atoms with E-state index in [-0.39, 0.29) is 0 Å². The number of pyridine rings is 1. The van der Waals surface area contributed by atoms with Crippen LogP contribution in [0.1, 0.15) is 12.5 Å². The van der Waals surface area contributed by atoms with E-state index in [0.717, 1.165) is 21.5 Å². The van der Waals surface area contributed by atoms with Crippen molar-refractivity contribution in [3.05, 3.63) is 50.5 Å². The van der Waals surface area contributed by atoms with Crippen molar-refractivity contribution in [2.24, 2.45) is 0 Å². The first-order chi connectivity index (χ1) is 8.60. The number of aryl methyl sites for hydroxylation is 1. The van der Waals surface area contributed by atoms with Crippen LogP contribution in [0.25, 0.3) is 0 Å². The first-order valence-electron chi connectivity index (χ1n) is 5.37. The van der Waals surface area contributed by atoms with Crippen LogP contribution in [-0.4, -0.2) is 4.98 Å². The molecule has 1 aromatic heterocycles. The lowest BCUT2D eigenvalue weighted by Crippen LogP contribution is -1.91. The van der Waals surface area contributed by atoms with Crippen LogP contribution in [0.3, 0.4) is 0 Å². The summed E-state index contributed by atoms with van der Waals surface area (Å²) < 4.78 is 6.45. The molecule has 0 radical (unpaired) electrons. The minimum Gasteiger partial charge on any atom is -0.438 e. The monoisotopic (exact) mass is 345 g/mol. The fraction of sp³-hybridized carbons (Fsp3) is 0.154. The van der Waals surface area contributed by atoms with Gasteiger partial charge in [-0.05, 0) is 52.2 Å². The van der Waals surface area contributed by atoms with E-state index in [1.165, 1.54) is 0 Å². The van der Waals surface area contributed by atoms with Crippen molar-refractivity contribution in [2.75, 3.05) is 0 Å². The number of aromatic nitrogens is 1. The van der Waals surface area contributed by atoms with Crippen LogP contribution in [0.4, 0.5) is 0 Å². The van der Waals surface area contributed by atoms with E-state index in [1.807, 2.05) is 19.1 Å². The van der Waals surface area contributed by atoms with Gasteiger partial charge in [-0.3, -0.25) is 0 Å². The van der Waals surface area contributed by atoms with Crippen molar-refractivity contribution in [1.29, 1.82) is 0 Å². The molecule has 0 amide bonds. The van der Waals surface area contributed by atoms with Crippen molar-refractivity contribution in [1.82, 2.24) is 4.98 Å². The number of rotatable bonds is 3. The molecule has 5 heteroatoms. The topological polar surface area (TPSA) is 22.1 Å². The summed E-state index contributed by atoms with van der Waals surface area (Å²) >= 11 is 15.4. The van der Waals surface area contributed by atoms with Crippen molar-refractivity contribution in [3.63, 3.8) is 0 Å². The molecule has 0 unspecified atom stereocenters. The quantitative estimate of drug-likeness (QED) is 0.731. The second-order valence-corrected chi connectivity index (χ2v) is 5.38. The molecular weight excluding hydrogens is 337 g/mol. The molecule has 18 heavy (non-hydrogen) atoms. The summed E-state index contributed by atoms with van der Waals surface area (Å²) in [6.07, 6.45) is 2.48. The van der Waals surface area contributed by atoms with E-state index in [9.17, 15) is 0 Å². The van der Waals surface area contributed by atoms with Gasteiger partial charge in [0, 0.05) is 15.7 Å². The van der Waals surface area contributed by atoms with Gasteiger partial charge >= 0.3 is 0 Å². The van der Waals surface area contributed by atoms with Crippen LogP contribution in [0.5, 0.6) is 11.6 Å². The third-order valence-corrected chi connectivity index (χ3v) is 3.46. The Kier molecular flexibility index (Phi) is 4.49. The van der Waals surface area contributed by atoms with E-state index in [4.69, 9.17) is 27.9 Å². The Morgan fingerprint density at radius 2 is 2.00 bits per heavy atom. The van der Waals surface area contributed by atoms with Gasteiger partial charge in [-0.25, -0.2) is 4.98 Å². The Bertz CT molecular complexity index is 575. The second-order valence-electron chi connectivity index (χ2n) is 3.65. The predicted octanol–water partition coefficient (Wildman–Crippen LogP) is 5.51. The molecule has 0 N–H and O–H groups in total. The van der Waals surface area contributed by atoms with Crippen molar-refractivity contribution >= 4 is 39.1 Å². The third kappa shape index (κ3) is 3.16. The molecule has 0 aliphatic carbocycles. The zero-order valence-corrected chi connectivity index (χ0v) is 12.7. The molecule has 0 fully saturated rings. The molecule has 0 bridgehead atoms. The third-order valence-electron chi connectivity index (χ3n) is 2.39. The van der Waals surface area contributed by atoms with E-state index in [0.29, 0.717) is 16.7 Å². The Morgan fingerprint density at radius 3 is 2.67 bits per heavy atom. The van der Waals surface area contributed by atoms with Crippen LogP contribution >= 0.6 is 39.1 Å². The van der Waals surface area contributed by atoms with Gasteiger partial charge in [-0.1, -0.05) is 30.1 Å². The summed E-state index contributed by atoms with van der Waals surface area (Å²) in [6.45, 7) is 2.04. The molecular formula is C13H10BrCl2NO. The van der Waals surface area contributed by atoms with Crippen LogP contribution in [0.2, 0.25) is 10.0 Å². The summed E-state index contributed by atoms with van der Waals surface area (Å²) in [5.74, 6) is 1.05. The highest BCUT2D eigenvalue weighted by atomic mass is 79.9. The fourth-order valence-corrected chi connectivity index (χ4v) is 2.39. The van der Waals surface area contributed by atoms with Gasteiger partial charge in [0.15, 0.2) is 0 Å². The van der Waals surface area contributed by atoms with Crippen LogP contribution in [0.15, 0.2) is 34.9 Å². The minimum absolute atomic E-state index is 0.379. The van der Waals surface area contributed by atoms with Gasteiger partial charge < -0.3 is 4.74 Å². The van der Waals surface area contributed by atoms with Gasteiger partial charge in [-0.15, -0.1) is 0 Å². The molecule has 0 saturated carbocycles. The molecule has 2 aromatic rings. The zero-order valence-electron chi connectivity index (χ0n) is 9.58. The van der Waals surface area contributed by atoms with Gasteiger partial charge in [-0.2, -0.15) is 0 Å². The number of halogens is 3. The Hall–Kier alpha value is -0.770. The lowest BCUT2D eigenvalue weighted by molar-refractivity contribution is 0.462. The first kappa shape index (κ1) is 13.7. The van der Waals surface area contributed by atoms with Crippen LogP contribution < -0.4 is 4.74 Å². The number of hydrogen-bond donors (Lipinski definition) is 0. The Morgan fingerprint density at radius 1 is 1.22 bits per heavy atom. The predicted molar refractivity (Wildman–Crippen MR) is 77.9 cm³/mol. The zero-order chi connectivity index (χ0) is 13.1. The van der Waals surface area contributed by atoms with Crippen molar-refractivity contribution in [3.8, 4) is 11.6 Å². The molecule has 0 spiro atoms. The van der Waals surface area contributed by atoms with Gasteiger partial charge in [0.05, 0.1) is 0 Å². The summed E-state index contributed by atoms with van der Waals surface area (Å²) in [4.78, 5) is 4.12. The average molecular weight is 347 g/mol. The molecule has 0 aliphatic rings. The molecule has 0 saturated heterocycles. The molecule has 1 aromatic carbocycles. The van der Waals surface area contributed by atoms with Crippen molar-refractivity contribution in [2.45, 2.75) is 13.3 Å². The summed E-state index contributed by atoms with van der Waals surface area (Å²) in [6, 6.07) is 7.23. The highest BCUT2D eigenvalue weighted by Gasteiger charge is 2.07. The van der Waals surface area contributed by atoms with E-state index < -0.39 is 0 Å². The smallest absolute Gasteiger partial charge is 0.238 e. The van der Waals surface area contributed by atoms with Crippen molar-refractivity contribution < 1.29 is 4.74 Å². The lowest BCUT2D eigenvalue weighted by Gasteiger charge is -2.08. The van der Waals surface area contributed by atoms with Gasteiger partial charge in [0.1, 0.15) is 10.8 Å². The SMILES string of the molecule is CCc1cc(Oc2ncc(Br)cc2Cl)ccc1Cl. The summed E-state index contributed by atoms with van der Waals surface area (Å²) in [5, 5.41) is 1.19.